The van der Waals surface area contributed by atoms with Crippen LogP contribution in [0.25, 0.3) is 0 Å². The topological polar surface area (TPSA) is 124 Å². The normalized spacial score (nSPS) is 10.5. The van der Waals surface area contributed by atoms with E-state index < -0.39 is 10.7 Å². The molecule has 0 saturated carbocycles. The van der Waals surface area contributed by atoms with Gasteiger partial charge in [-0.25, -0.2) is 14.4 Å². The molecule has 0 spiro atoms. The van der Waals surface area contributed by atoms with Crippen LogP contribution in [0.4, 0.5) is 21.6 Å². The Morgan fingerprint density at radius 3 is 2.71 bits per heavy atom. The Morgan fingerprint density at radius 2 is 2.04 bits per heavy atom. The van der Waals surface area contributed by atoms with Crippen LogP contribution in [0, 0.1) is 15.9 Å². The lowest BCUT2D eigenvalue weighted by Crippen LogP contribution is -2.08. The molecule has 0 fully saturated rings. The quantitative estimate of drug-likeness (QED) is 0.366. The largest absolute Gasteiger partial charge is 0.382 e. The number of nitrogens with zero attached hydrogens (tertiary/aromatic N) is 3. The van der Waals surface area contributed by atoms with Gasteiger partial charge >= 0.3 is 0 Å². The number of carbonyl (C=O) groups excluding carboxylic acids is 1. The number of aromatic nitrogens is 2. The summed E-state index contributed by atoms with van der Waals surface area (Å²) in [6, 6.07) is 10.3. The van der Waals surface area contributed by atoms with Crippen molar-refractivity contribution in [2.45, 2.75) is 13.0 Å². The standard InChI is InChI=1S/C19H16FN5O3/c20-15-5-3-12(8-13(15)10-23-17-2-1-7-22-19(17)21)9-18(26)16-6-4-14(11-24-16)25(27)28/h1-8,11,23H,9-10H2,(H2,21,22). The number of nitrogen functional groups attached to an aromatic ring is 1. The molecule has 2 heterocycles. The molecule has 28 heavy (non-hydrogen) atoms. The third-order valence-electron chi connectivity index (χ3n) is 4.03. The van der Waals surface area contributed by atoms with Crippen molar-refractivity contribution < 1.29 is 14.1 Å². The zero-order chi connectivity index (χ0) is 20.1. The highest BCUT2D eigenvalue weighted by molar-refractivity contribution is 5.95. The first-order valence-electron chi connectivity index (χ1n) is 8.29. The fraction of sp³-hybridized carbons (Fsp3) is 0.105. The Kier molecular flexibility index (Phi) is 5.54. The van der Waals surface area contributed by atoms with Crippen molar-refractivity contribution in [1.29, 1.82) is 0 Å². The second-order valence-corrected chi connectivity index (χ2v) is 5.97. The van der Waals surface area contributed by atoms with Crippen molar-refractivity contribution in [3.05, 3.63) is 87.6 Å². The number of rotatable bonds is 7. The summed E-state index contributed by atoms with van der Waals surface area (Å²) in [6.45, 7) is 0.166. The first-order chi connectivity index (χ1) is 13.4. The van der Waals surface area contributed by atoms with E-state index in [1.807, 2.05) is 0 Å². The molecule has 9 heteroatoms. The van der Waals surface area contributed by atoms with Gasteiger partial charge in [0.15, 0.2) is 5.78 Å². The van der Waals surface area contributed by atoms with E-state index in [9.17, 15) is 19.3 Å². The molecule has 8 nitrogen and oxygen atoms in total. The van der Waals surface area contributed by atoms with Crippen molar-refractivity contribution >= 4 is 23.0 Å². The third-order valence-corrected chi connectivity index (χ3v) is 4.03. The SMILES string of the molecule is Nc1ncccc1NCc1cc(CC(=O)c2ccc([N+](=O)[O-])cn2)ccc1F. The molecule has 0 aliphatic carbocycles. The van der Waals surface area contributed by atoms with E-state index in [4.69, 9.17) is 5.73 Å². The monoisotopic (exact) mass is 381 g/mol. The van der Waals surface area contributed by atoms with Crippen LogP contribution in [0.5, 0.6) is 0 Å². The minimum Gasteiger partial charge on any atom is -0.382 e. The zero-order valence-electron chi connectivity index (χ0n) is 14.6. The maximum Gasteiger partial charge on any atom is 0.287 e. The number of nitrogens with two attached hydrogens (primary N) is 1. The first-order valence-corrected chi connectivity index (χ1v) is 8.29. The van der Waals surface area contributed by atoms with Gasteiger partial charge in [-0.3, -0.25) is 14.9 Å². The number of anilines is 2. The summed E-state index contributed by atoms with van der Waals surface area (Å²) in [5.74, 6) is -0.435. The molecule has 0 aliphatic rings. The van der Waals surface area contributed by atoms with E-state index in [2.05, 4.69) is 15.3 Å². The molecule has 1 aromatic carbocycles. The number of hydrogen-bond donors (Lipinski definition) is 2. The van der Waals surface area contributed by atoms with Crippen LogP contribution in [-0.2, 0) is 13.0 Å². The number of Topliss-reactive ketones (excluding diaryl/α,β-unsaturated/α-hetero) is 1. The number of nitro groups is 1. The number of pyridine rings is 2. The molecule has 142 valence electrons. The van der Waals surface area contributed by atoms with Gasteiger partial charge in [-0.2, -0.15) is 0 Å². The van der Waals surface area contributed by atoms with Gasteiger partial charge < -0.3 is 11.1 Å². The minimum absolute atomic E-state index is 0.00682. The maximum atomic E-state index is 14.1. The number of hydrogen-bond acceptors (Lipinski definition) is 7. The Balaban J connectivity index is 1.71. The van der Waals surface area contributed by atoms with Gasteiger partial charge in [-0.15, -0.1) is 0 Å². The number of ketones is 1. The minimum atomic E-state index is -0.588. The highest BCUT2D eigenvalue weighted by Crippen LogP contribution is 2.18. The Bertz CT molecular complexity index is 1020. The lowest BCUT2D eigenvalue weighted by Gasteiger charge is -2.10. The molecule has 2 aromatic heterocycles. The highest BCUT2D eigenvalue weighted by Gasteiger charge is 2.13. The molecular formula is C19H16FN5O3. The summed E-state index contributed by atoms with van der Waals surface area (Å²) in [7, 11) is 0. The summed E-state index contributed by atoms with van der Waals surface area (Å²) in [6.07, 6.45) is 2.58. The van der Waals surface area contributed by atoms with Crippen molar-refractivity contribution in [3.63, 3.8) is 0 Å². The fourth-order valence-electron chi connectivity index (χ4n) is 2.57. The van der Waals surface area contributed by atoms with Crippen molar-refractivity contribution in [2.75, 3.05) is 11.1 Å². The number of benzene rings is 1. The van der Waals surface area contributed by atoms with Crippen molar-refractivity contribution in [1.82, 2.24) is 9.97 Å². The van der Waals surface area contributed by atoms with Crippen LogP contribution in [-0.4, -0.2) is 20.7 Å². The second-order valence-electron chi connectivity index (χ2n) is 5.97. The number of carbonyl (C=O) groups is 1. The van der Waals surface area contributed by atoms with Gasteiger partial charge in [0, 0.05) is 30.8 Å². The Hall–Kier alpha value is -3.88. The highest BCUT2D eigenvalue weighted by atomic mass is 19.1. The lowest BCUT2D eigenvalue weighted by atomic mass is 10.0. The summed E-state index contributed by atoms with van der Waals surface area (Å²) >= 11 is 0. The molecule has 0 unspecified atom stereocenters. The molecule has 0 radical (unpaired) electrons. The molecule has 3 aromatic rings. The van der Waals surface area contributed by atoms with E-state index in [1.165, 1.54) is 24.3 Å². The van der Waals surface area contributed by atoms with Crippen LogP contribution in [0.3, 0.4) is 0 Å². The van der Waals surface area contributed by atoms with Gasteiger partial charge in [0.2, 0.25) is 0 Å². The average Bonchev–Trinajstić information content (AvgIpc) is 2.69. The summed E-state index contributed by atoms with van der Waals surface area (Å²) in [5.41, 5.74) is 7.21. The Labute approximate surface area is 159 Å². The van der Waals surface area contributed by atoms with Gasteiger partial charge in [-0.1, -0.05) is 12.1 Å². The molecular weight excluding hydrogens is 365 g/mol. The fourth-order valence-corrected chi connectivity index (χ4v) is 2.57. The first kappa shape index (κ1) is 18.9. The molecule has 0 bridgehead atoms. The average molecular weight is 381 g/mol. The van der Waals surface area contributed by atoms with E-state index >= 15 is 0 Å². The number of nitrogens with one attached hydrogen (secondary N) is 1. The maximum absolute atomic E-state index is 14.1. The van der Waals surface area contributed by atoms with Crippen molar-refractivity contribution in [3.8, 4) is 0 Å². The molecule has 0 saturated heterocycles. The van der Waals surface area contributed by atoms with Crippen molar-refractivity contribution in [2.24, 2.45) is 0 Å². The van der Waals surface area contributed by atoms with Crippen LogP contribution in [0.1, 0.15) is 21.6 Å². The summed E-state index contributed by atoms with van der Waals surface area (Å²) in [5, 5.41) is 13.7. The van der Waals surface area contributed by atoms with E-state index in [0.29, 0.717) is 22.6 Å². The second kappa shape index (κ2) is 8.21. The molecule has 0 amide bonds. The molecule has 0 aliphatic heterocycles. The number of halogens is 1. The summed E-state index contributed by atoms with van der Waals surface area (Å²) < 4.78 is 14.1. The van der Waals surface area contributed by atoms with Gasteiger partial charge in [-0.05, 0) is 29.8 Å². The van der Waals surface area contributed by atoms with Gasteiger partial charge in [0.25, 0.3) is 5.69 Å². The molecule has 3 N–H and O–H groups in total. The molecule has 3 rings (SSSR count). The third kappa shape index (κ3) is 4.44. The lowest BCUT2D eigenvalue weighted by molar-refractivity contribution is -0.385. The zero-order valence-corrected chi connectivity index (χ0v) is 14.6. The van der Waals surface area contributed by atoms with Crippen LogP contribution >= 0.6 is 0 Å². The predicted molar refractivity (Wildman–Crippen MR) is 101 cm³/mol. The van der Waals surface area contributed by atoms with Gasteiger partial charge in [0.05, 0.1) is 10.6 Å². The van der Waals surface area contributed by atoms with Crippen LogP contribution in [0.2, 0.25) is 0 Å². The van der Waals surface area contributed by atoms with E-state index in [-0.39, 0.29) is 30.1 Å². The Morgan fingerprint density at radius 1 is 1.21 bits per heavy atom. The van der Waals surface area contributed by atoms with Gasteiger partial charge in [0.1, 0.15) is 23.5 Å². The van der Waals surface area contributed by atoms with E-state index in [1.54, 1.807) is 24.4 Å². The predicted octanol–water partition coefficient (Wildman–Crippen LogP) is 3.14. The van der Waals surface area contributed by atoms with Crippen LogP contribution in [0.15, 0.2) is 54.9 Å². The van der Waals surface area contributed by atoms with Crippen LogP contribution < -0.4 is 11.1 Å². The summed E-state index contributed by atoms with van der Waals surface area (Å²) in [4.78, 5) is 30.2. The molecule has 0 atom stereocenters. The smallest absolute Gasteiger partial charge is 0.287 e. The van der Waals surface area contributed by atoms with E-state index in [0.717, 1.165) is 6.20 Å².